The lowest BCUT2D eigenvalue weighted by Gasteiger charge is -2.16. The Bertz CT molecular complexity index is 229. The number of methoxy groups -OCH3 is 1. The van der Waals surface area contributed by atoms with Crippen molar-refractivity contribution >= 4 is 11.9 Å². The number of aliphatic carboxylic acids is 1. The number of carboxylic acid groups (broad SMARTS) is 1. The average molecular weight is 232 g/mol. The van der Waals surface area contributed by atoms with Gasteiger partial charge in [0.1, 0.15) is 0 Å². The van der Waals surface area contributed by atoms with Gasteiger partial charge < -0.3 is 20.9 Å². The molecular formula is C10H20N2O4. The van der Waals surface area contributed by atoms with Crippen molar-refractivity contribution in [1.29, 1.82) is 0 Å². The molecule has 0 bridgehead atoms. The molecule has 6 nitrogen and oxygen atoms in total. The first-order valence-corrected chi connectivity index (χ1v) is 5.26. The van der Waals surface area contributed by atoms with E-state index >= 15 is 0 Å². The number of amides is 1. The van der Waals surface area contributed by atoms with Crippen molar-refractivity contribution in [3.63, 3.8) is 0 Å². The second kappa shape index (κ2) is 8.06. The minimum Gasteiger partial charge on any atom is -0.480 e. The van der Waals surface area contributed by atoms with E-state index in [4.69, 9.17) is 15.6 Å². The van der Waals surface area contributed by atoms with Crippen LogP contribution in [0.1, 0.15) is 19.8 Å². The van der Waals surface area contributed by atoms with Gasteiger partial charge in [0.25, 0.3) is 0 Å². The quantitative estimate of drug-likeness (QED) is 0.527. The minimum absolute atomic E-state index is 0.0412. The molecule has 0 aliphatic carbocycles. The van der Waals surface area contributed by atoms with Crippen LogP contribution in [0.15, 0.2) is 0 Å². The van der Waals surface area contributed by atoms with Gasteiger partial charge in [-0.2, -0.15) is 0 Å². The molecule has 4 N–H and O–H groups in total. The second-order valence-electron chi connectivity index (χ2n) is 3.63. The summed E-state index contributed by atoms with van der Waals surface area (Å²) >= 11 is 0. The number of hydrogen-bond donors (Lipinski definition) is 3. The third-order valence-corrected chi connectivity index (χ3v) is 2.35. The molecule has 0 aromatic rings. The molecule has 0 aliphatic rings. The van der Waals surface area contributed by atoms with Crippen LogP contribution in [0.4, 0.5) is 0 Å². The Morgan fingerprint density at radius 1 is 1.50 bits per heavy atom. The van der Waals surface area contributed by atoms with Gasteiger partial charge in [-0.1, -0.05) is 13.3 Å². The summed E-state index contributed by atoms with van der Waals surface area (Å²) in [6.45, 7) is 2.32. The highest BCUT2D eigenvalue weighted by atomic mass is 16.5. The van der Waals surface area contributed by atoms with E-state index in [1.807, 2.05) is 6.92 Å². The van der Waals surface area contributed by atoms with E-state index in [1.54, 1.807) is 0 Å². The summed E-state index contributed by atoms with van der Waals surface area (Å²) in [6.07, 6.45) is 1.05. The normalized spacial score (nSPS) is 14.2. The molecule has 94 valence electrons. The molecule has 0 aromatic carbocycles. The first-order valence-electron chi connectivity index (χ1n) is 5.26. The highest BCUT2D eigenvalue weighted by Gasteiger charge is 2.20. The lowest BCUT2D eigenvalue weighted by molar-refractivity contribution is -0.143. The number of carboxylic acids is 1. The molecule has 0 radical (unpaired) electrons. The Labute approximate surface area is 95.1 Å². The predicted octanol–water partition coefficient (Wildman–Crippen LogP) is -0.423. The molecule has 6 heteroatoms. The molecule has 0 fully saturated rings. The molecule has 0 spiro atoms. The van der Waals surface area contributed by atoms with Gasteiger partial charge in [0.2, 0.25) is 5.91 Å². The largest absolute Gasteiger partial charge is 0.480 e. The number of carbonyl (C=O) groups excluding carboxylic acids is 1. The fourth-order valence-corrected chi connectivity index (χ4v) is 1.25. The lowest BCUT2D eigenvalue weighted by atomic mass is 10.0. The molecule has 2 unspecified atom stereocenters. The molecule has 2 atom stereocenters. The van der Waals surface area contributed by atoms with Gasteiger partial charge in [0.05, 0.1) is 6.61 Å². The van der Waals surface area contributed by atoms with Gasteiger partial charge in [-0.15, -0.1) is 0 Å². The number of rotatable bonds is 8. The van der Waals surface area contributed by atoms with Crippen LogP contribution in [0.3, 0.4) is 0 Å². The highest BCUT2D eigenvalue weighted by molar-refractivity contribution is 5.83. The Morgan fingerprint density at radius 2 is 2.12 bits per heavy atom. The smallest absolute Gasteiger partial charge is 0.328 e. The second-order valence-corrected chi connectivity index (χ2v) is 3.63. The molecule has 16 heavy (non-hydrogen) atoms. The van der Waals surface area contributed by atoms with Crippen LogP contribution in [0.5, 0.6) is 0 Å². The van der Waals surface area contributed by atoms with E-state index in [0.717, 1.165) is 6.42 Å². The number of hydrogen-bond acceptors (Lipinski definition) is 4. The van der Waals surface area contributed by atoms with Gasteiger partial charge >= 0.3 is 5.97 Å². The van der Waals surface area contributed by atoms with Crippen molar-refractivity contribution in [3.8, 4) is 0 Å². The maximum atomic E-state index is 11.5. The van der Waals surface area contributed by atoms with Crippen LogP contribution >= 0.6 is 0 Å². The zero-order valence-electron chi connectivity index (χ0n) is 9.73. The first kappa shape index (κ1) is 14.9. The van der Waals surface area contributed by atoms with E-state index in [1.165, 1.54) is 7.11 Å². The van der Waals surface area contributed by atoms with Crippen molar-refractivity contribution in [2.45, 2.75) is 25.8 Å². The van der Waals surface area contributed by atoms with Crippen molar-refractivity contribution in [2.75, 3.05) is 20.3 Å². The standard InChI is InChI=1S/C10H20N2O4/c1-3-7(5-11)4-9(13)12-8(6-16-2)10(14)15/h7-8H,3-6,11H2,1-2H3,(H,12,13)(H,14,15). The lowest BCUT2D eigenvalue weighted by Crippen LogP contribution is -2.44. The van der Waals surface area contributed by atoms with Gasteiger partial charge in [0, 0.05) is 13.5 Å². The number of nitrogens with two attached hydrogens (primary N) is 1. The third-order valence-electron chi connectivity index (χ3n) is 2.35. The SMILES string of the molecule is CCC(CN)CC(=O)NC(COC)C(=O)O. The first-order chi connectivity index (χ1) is 7.54. The van der Waals surface area contributed by atoms with E-state index in [0.29, 0.717) is 6.54 Å². The van der Waals surface area contributed by atoms with Gasteiger partial charge in [-0.25, -0.2) is 4.79 Å². The van der Waals surface area contributed by atoms with E-state index in [9.17, 15) is 9.59 Å². The topological polar surface area (TPSA) is 102 Å². The Balaban J connectivity index is 4.13. The highest BCUT2D eigenvalue weighted by Crippen LogP contribution is 2.05. The van der Waals surface area contributed by atoms with Crippen LogP contribution in [0.2, 0.25) is 0 Å². The maximum absolute atomic E-state index is 11.5. The average Bonchev–Trinajstić information content (AvgIpc) is 2.25. The predicted molar refractivity (Wildman–Crippen MR) is 58.9 cm³/mol. The molecule has 0 rings (SSSR count). The van der Waals surface area contributed by atoms with Crippen molar-refractivity contribution in [3.05, 3.63) is 0 Å². The minimum atomic E-state index is -1.10. The molecule has 0 aliphatic heterocycles. The summed E-state index contributed by atoms with van der Waals surface area (Å²) in [5.74, 6) is -1.31. The van der Waals surface area contributed by atoms with Crippen molar-refractivity contribution in [1.82, 2.24) is 5.32 Å². The van der Waals surface area contributed by atoms with Crippen LogP contribution < -0.4 is 11.1 Å². The van der Waals surface area contributed by atoms with Crippen LogP contribution in [0, 0.1) is 5.92 Å². The number of carbonyl (C=O) groups is 2. The van der Waals surface area contributed by atoms with Crippen LogP contribution in [-0.4, -0.2) is 43.3 Å². The molecule has 1 amide bonds. The zero-order valence-corrected chi connectivity index (χ0v) is 9.73. The van der Waals surface area contributed by atoms with Gasteiger partial charge in [-0.05, 0) is 12.5 Å². The maximum Gasteiger partial charge on any atom is 0.328 e. The van der Waals surface area contributed by atoms with E-state index < -0.39 is 12.0 Å². The van der Waals surface area contributed by atoms with Gasteiger partial charge in [-0.3, -0.25) is 4.79 Å². The summed E-state index contributed by atoms with van der Waals surface area (Å²) < 4.78 is 4.70. The van der Waals surface area contributed by atoms with Crippen molar-refractivity contribution < 1.29 is 19.4 Å². The summed E-state index contributed by atoms with van der Waals surface area (Å²) in [4.78, 5) is 22.2. The Hall–Kier alpha value is -1.14. The summed E-state index contributed by atoms with van der Waals surface area (Å²) in [7, 11) is 1.39. The van der Waals surface area contributed by atoms with Crippen LogP contribution in [-0.2, 0) is 14.3 Å². The number of ether oxygens (including phenoxy) is 1. The molecule has 0 saturated heterocycles. The molecule has 0 heterocycles. The monoisotopic (exact) mass is 232 g/mol. The third kappa shape index (κ3) is 5.67. The molecule has 0 saturated carbocycles. The van der Waals surface area contributed by atoms with E-state index in [2.05, 4.69) is 5.32 Å². The fraction of sp³-hybridized carbons (Fsp3) is 0.800. The zero-order chi connectivity index (χ0) is 12.6. The molecule has 0 aromatic heterocycles. The van der Waals surface area contributed by atoms with Crippen LogP contribution in [0.25, 0.3) is 0 Å². The summed E-state index contributed by atoms with van der Waals surface area (Å²) in [6, 6.07) is -0.993. The Kier molecular flexibility index (Phi) is 7.49. The number of nitrogens with one attached hydrogen (secondary N) is 1. The summed E-state index contributed by atoms with van der Waals surface area (Å²) in [5.41, 5.74) is 5.46. The van der Waals surface area contributed by atoms with Gasteiger partial charge in [0.15, 0.2) is 6.04 Å². The Morgan fingerprint density at radius 3 is 2.50 bits per heavy atom. The summed E-state index contributed by atoms with van der Waals surface area (Å²) in [5, 5.41) is 11.2. The fourth-order valence-electron chi connectivity index (χ4n) is 1.25. The van der Waals surface area contributed by atoms with E-state index in [-0.39, 0.29) is 24.9 Å². The van der Waals surface area contributed by atoms with Crippen molar-refractivity contribution in [2.24, 2.45) is 11.7 Å². The molecular weight excluding hydrogens is 212 g/mol.